The molecule has 5 heteroatoms. The van der Waals surface area contributed by atoms with E-state index in [0.29, 0.717) is 17.8 Å². The van der Waals surface area contributed by atoms with Crippen molar-refractivity contribution in [3.05, 3.63) is 47.2 Å². The van der Waals surface area contributed by atoms with Gasteiger partial charge in [0.15, 0.2) is 6.39 Å². The molecular weight excluding hydrogens is 268 g/mol. The number of benzene rings is 1. The molecule has 1 heterocycles. The topological polar surface area (TPSA) is 75.4 Å². The van der Waals surface area contributed by atoms with Crippen molar-refractivity contribution in [2.24, 2.45) is 0 Å². The molecule has 0 aliphatic rings. The molecule has 0 spiro atoms. The second-order valence-electron chi connectivity index (χ2n) is 4.53. The number of aliphatic hydroxyl groups is 1. The fourth-order valence-corrected chi connectivity index (χ4v) is 1.80. The monoisotopic (exact) mass is 284 g/mol. The molecule has 108 valence electrons. The molecule has 0 aliphatic heterocycles. The smallest absolute Gasteiger partial charge is 0.293 e. The van der Waals surface area contributed by atoms with Gasteiger partial charge < -0.3 is 14.8 Å². The minimum absolute atomic E-state index is 0.0523. The third-order valence-corrected chi connectivity index (χ3v) is 2.90. The van der Waals surface area contributed by atoms with Crippen molar-refractivity contribution in [1.82, 2.24) is 4.98 Å². The third kappa shape index (κ3) is 3.71. The first-order chi connectivity index (χ1) is 10.1. The van der Waals surface area contributed by atoms with E-state index in [1.54, 1.807) is 13.0 Å². The molecule has 2 rings (SSSR count). The number of carbonyl (C=O) groups is 1. The van der Waals surface area contributed by atoms with Gasteiger partial charge in [-0.05, 0) is 37.6 Å². The molecule has 1 amide bonds. The summed E-state index contributed by atoms with van der Waals surface area (Å²) >= 11 is 0. The van der Waals surface area contributed by atoms with Crippen molar-refractivity contribution in [2.45, 2.75) is 20.3 Å². The van der Waals surface area contributed by atoms with Crippen LogP contribution in [0.5, 0.6) is 0 Å². The molecular formula is C16H16N2O3. The Morgan fingerprint density at radius 2 is 2.24 bits per heavy atom. The van der Waals surface area contributed by atoms with Crippen molar-refractivity contribution in [1.29, 1.82) is 0 Å². The van der Waals surface area contributed by atoms with Crippen LogP contribution in [-0.4, -0.2) is 22.6 Å². The number of amides is 1. The van der Waals surface area contributed by atoms with Crippen LogP contribution in [0.1, 0.15) is 33.8 Å². The molecule has 0 aliphatic carbocycles. The van der Waals surface area contributed by atoms with Gasteiger partial charge in [-0.3, -0.25) is 4.79 Å². The van der Waals surface area contributed by atoms with E-state index in [2.05, 4.69) is 22.1 Å². The average Bonchev–Trinajstić information content (AvgIpc) is 2.88. The Kier molecular flexibility index (Phi) is 4.75. The van der Waals surface area contributed by atoms with E-state index >= 15 is 0 Å². The third-order valence-electron chi connectivity index (χ3n) is 2.90. The molecule has 0 saturated carbocycles. The molecule has 0 radical (unpaired) electrons. The number of anilines is 1. The molecule has 21 heavy (non-hydrogen) atoms. The molecule has 0 unspecified atom stereocenters. The number of rotatable bonds is 3. The molecule has 2 N–H and O–H groups in total. The Hall–Kier alpha value is -2.58. The molecule has 2 aromatic rings. The van der Waals surface area contributed by atoms with Gasteiger partial charge in [0.1, 0.15) is 0 Å². The summed E-state index contributed by atoms with van der Waals surface area (Å²) in [6, 6.07) is 5.45. The van der Waals surface area contributed by atoms with Gasteiger partial charge in [-0.25, -0.2) is 4.98 Å². The molecule has 0 atom stereocenters. The van der Waals surface area contributed by atoms with Gasteiger partial charge in [-0.1, -0.05) is 11.8 Å². The number of nitrogens with one attached hydrogen (secondary N) is 1. The zero-order valence-electron chi connectivity index (χ0n) is 11.9. The van der Waals surface area contributed by atoms with Crippen LogP contribution in [0.15, 0.2) is 29.0 Å². The Labute approximate surface area is 123 Å². The Morgan fingerprint density at radius 1 is 1.43 bits per heavy atom. The van der Waals surface area contributed by atoms with Crippen molar-refractivity contribution in [2.75, 3.05) is 11.9 Å². The number of nitrogens with zero attached hydrogens (tertiary/aromatic N) is 1. The zero-order chi connectivity index (χ0) is 15.2. The van der Waals surface area contributed by atoms with Gasteiger partial charge in [-0.2, -0.15) is 0 Å². The van der Waals surface area contributed by atoms with E-state index in [1.165, 1.54) is 6.39 Å². The van der Waals surface area contributed by atoms with Crippen LogP contribution in [0, 0.1) is 25.7 Å². The maximum Gasteiger partial charge on any atom is 0.293 e. The largest absolute Gasteiger partial charge is 0.438 e. The van der Waals surface area contributed by atoms with Gasteiger partial charge in [0.2, 0.25) is 5.76 Å². The van der Waals surface area contributed by atoms with Crippen LogP contribution < -0.4 is 5.32 Å². The fraction of sp³-hybridized carbons (Fsp3) is 0.250. The van der Waals surface area contributed by atoms with Crippen LogP contribution in [0.4, 0.5) is 5.69 Å². The van der Waals surface area contributed by atoms with Crippen LogP contribution in [0.25, 0.3) is 0 Å². The maximum absolute atomic E-state index is 12.0. The summed E-state index contributed by atoms with van der Waals surface area (Å²) in [6.45, 7) is 3.68. The lowest BCUT2D eigenvalue weighted by Gasteiger charge is -2.06. The summed E-state index contributed by atoms with van der Waals surface area (Å²) in [5.74, 6) is 5.73. The molecule has 0 fully saturated rings. The number of oxazole rings is 1. The standard InChI is InChI=1S/C16H16N2O3/c1-11-9-14(7-6-13(11)5-3-4-8-19)18-16(20)15-12(2)17-10-21-15/h6-7,9-10,19H,4,8H2,1-2H3,(H,18,20). The van der Waals surface area contributed by atoms with E-state index in [0.717, 1.165) is 11.1 Å². The number of hydrogen-bond donors (Lipinski definition) is 2. The lowest BCUT2D eigenvalue weighted by Crippen LogP contribution is -2.12. The van der Waals surface area contributed by atoms with Crippen LogP contribution in [-0.2, 0) is 0 Å². The summed E-state index contributed by atoms with van der Waals surface area (Å²) in [5.41, 5.74) is 3.04. The van der Waals surface area contributed by atoms with E-state index < -0.39 is 0 Å². The number of carbonyl (C=O) groups excluding carboxylic acids is 1. The van der Waals surface area contributed by atoms with Crippen molar-refractivity contribution < 1.29 is 14.3 Å². The van der Waals surface area contributed by atoms with E-state index in [-0.39, 0.29) is 18.3 Å². The first-order valence-electron chi connectivity index (χ1n) is 6.53. The summed E-state index contributed by atoms with van der Waals surface area (Å²) in [5, 5.41) is 11.5. The number of hydrogen-bond acceptors (Lipinski definition) is 4. The van der Waals surface area contributed by atoms with Gasteiger partial charge >= 0.3 is 0 Å². The zero-order valence-corrected chi connectivity index (χ0v) is 11.9. The van der Waals surface area contributed by atoms with E-state index in [4.69, 9.17) is 9.52 Å². The highest BCUT2D eigenvalue weighted by Crippen LogP contribution is 2.16. The number of aromatic nitrogens is 1. The number of aliphatic hydroxyl groups excluding tert-OH is 1. The van der Waals surface area contributed by atoms with Crippen molar-refractivity contribution >= 4 is 11.6 Å². The summed E-state index contributed by atoms with van der Waals surface area (Å²) in [6.07, 6.45) is 1.69. The highest BCUT2D eigenvalue weighted by Gasteiger charge is 2.14. The predicted octanol–water partition coefficient (Wildman–Crippen LogP) is 2.28. The van der Waals surface area contributed by atoms with Crippen molar-refractivity contribution in [3.8, 4) is 11.8 Å². The number of aryl methyl sites for hydroxylation is 2. The predicted molar refractivity (Wildman–Crippen MR) is 79.0 cm³/mol. The summed E-state index contributed by atoms with van der Waals surface area (Å²) < 4.78 is 5.05. The fourth-order valence-electron chi connectivity index (χ4n) is 1.80. The minimum atomic E-state index is -0.330. The van der Waals surface area contributed by atoms with Gasteiger partial charge in [0, 0.05) is 17.7 Å². The molecule has 0 saturated heterocycles. The average molecular weight is 284 g/mol. The minimum Gasteiger partial charge on any atom is -0.438 e. The second-order valence-corrected chi connectivity index (χ2v) is 4.53. The van der Waals surface area contributed by atoms with Crippen LogP contribution in [0.2, 0.25) is 0 Å². The first-order valence-corrected chi connectivity index (χ1v) is 6.53. The van der Waals surface area contributed by atoms with Gasteiger partial charge in [-0.15, -0.1) is 0 Å². The van der Waals surface area contributed by atoms with E-state index in [1.807, 2.05) is 19.1 Å². The van der Waals surface area contributed by atoms with Crippen molar-refractivity contribution in [3.63, 3.8) is 0 Å². The lowest BCUT2D eigenvalue weighted by molar-refractivity contribution is 0.0996. The lowest BCUT2D eigenvalue weighted by atomic mass is 10.1. The Morgan fingerprint density at radius 3 is 2.86 bits per heavy atom. The Balaban J connectivity index is 2.12. The first kappa shape index (κ1) is 14.8. The molecule has 1 aromatic heterocycles. The Bertz CT molecular complexity index is 708. The van der Waals surface area contributed by atoms with Crippen LogP contribution >= 0.6 is 0 Å². The molecule has 5 nitrogen and oxygen atoms in total. The normalized spacial score (nSPS) is 9.86. The summed E-state index contributed by atoms with van der Waals surface area (Å²) in [7, 11) is 0. The van der Waals surface area contributed by atoms with Crippen LogP contribution in [0.3, 0.4) is 0 Å². The maximum atomic E-state index is 12.0. The van der Waals surface area contributed by atoms with E-state index in [9.17, 15) is 4.79 Å². The molecule has 1 aromatic carbocycles. The second kappa shape index (κ2) is 6.73. The van der Waals surface area contributed by atoms with Gasteiger partial charge in [0.25, 0.3) is 5.91 Å². The quantitative estimate of drug-likeness (QED) is 0.848. The summed E-state index contributed by atoms with van der Waals surface area (Å²) in [4.78, 5) is 15.9. The highest BCUT2D eigenvalue weighted by molar-refractivity contribution is 6.02. The SMILES string of the molecule is Cc1cc(NC(=O)c2ocnc2C)ccc1C#CCCO. The van der Waals surface area contributed by atoms with Gasteiger partial charge in [0.05, 0.1) is 12.3 Å². The highest BCUT2D eigenvalue weighted by atomic mass is 16.3. The molecule has 0 bridgehead atoms.